The van der Waals surface area contributed by atoms with Crippen LogP contribution in [-0.2, 0) is 0 Å². The molecule has 0 aliphatic carbocycles. The van der Waals surface area contributed by atoms with Gasteiger partial charge in [-0.25, -0.2) is 4.98 Å². The smallest absolute Gasteiger partial charge is 0.251 e. The number of rotatable bonds is 3. The summed E-state index contributed by atoms with van der Waals surface area (Å²) in [6, 6.07) is 2.97. The third-order valence-electron chi connectivity index (χ3n) is 1.56. The minimum atomic E-state index is -0.182. The lowest BCUT2D eigenvalue weighted by molar-refractivity contribution is 0.0953. The van der Waals surface area contributed by atoms with Crippen molar-refractivity contribution in [3.8, 4) is 0 Å². The summed E-state index contributed by atoms with van der Waals surface area (Å²) in [6.07, 6.45) is 0.887. The number of pyridine rings is 1. The first-order chi connectivity index (χ1) is 6.63. The zero-order chi connectivity index (χ0) is 10.6. The average Bonchev–Trinajstić information content (AvgIpc) is 2.12. The van der Waals surface area contributed by atoms with Crippen LogP contribution in [0.3, 0.4) is 0 Å². The minimum Gasteiger partial charge on any atom is -0.352 e. The number of carbonyl (C=O) groups is 1. The van der Waals surface area contributed by atoms with Gasteiger partial charge in [0.15, 0.2) is 0 Å². The summed E-state index contributed by atoms with van der Waals surface area (Å²) < 4.78 is 0. The van der Waals surface area contributed by atoms with Crippen LogP contribution in [0.1, 0.15) is 23.7 Å². The van der Waals surface area contributed by atoms with Gasteiger partial charge in [0.25, 0.3) is 5.91 Å². The summed E-state index contributed by atoms with van der Waals surface area (Å²) in [5.74, 6) is -0.182. The third-order valence-corrected chi connectivity index (χ3v) is 1.95. The number of hydrogen-bond donors (Lipinski definition) is 1. The molecule has 3 nitrogen and oxygen atoms in total. The first kappa shape index (κ1) is 11.3. The molecule has 5 heteroatoms. The van der Waals surface area contributed by atoms with E-state index in [1.54, 1.807) is 0 Å². The van der Waals surface area contributed by atoms with Crippen molar-refractivity contribution in [3.05, 3.63) is 28.0 Å². The van der Waals surface area contributed by atoms with Gasteiger partial charge in [0.05, 0.1) is 0 Å². The largest absolute Gasteiger partial charge is 0.352 e. The van der Waals surface area contributed by atoms with Gasteiger partial charge in [-0.3, -0.25) is 4.79 Å². The summed E-state index contributed by atoms with van der Waals surface area (Å²) >= 11 is 11.3. The molecule has 1 N–H and O–H groups in total. The average molecular weight is 233 g/mol. The number of nitrogens with one attached hydrogen (secondary N) is 1. The number of amides is 1. The van der Waals surface area contributed by atoms with Crippen molar-refractivity contribution >= 4 is 29.1 Å². The number of nitrogens with zero attached hydrogens (tertiary/aromatic N) is 1. The van der Waals surface area contributed by atoms with Crippen LogP contribution in [0.25, 0.3) is 0 Å². The number of halogens is 2. The van der Waals surface area contributed by atoms with Crippen LogP contribution in [-0.4, -0.2) is 17.4 Å². The van der Waals surface area contributed by atoms with Gasteiger partial charge >= 0.3 is 0 Å². The number of carbonyl (C=O) groups excluding carboxylic acids is 1. The lowest BCUT2D eigenvalue weighted by Gasteiger charge is -2.03. The lowest BCUT2D eigenvalue weighted by Crippen LogP contribution is -2.23. The predicted octanol–water partition coefficient (Wildman–Crippen LogP) is 2.53. The molecule has 0 saturated carbocycles. The minimum absolute atomic E-state index is 0.182. The van der Waals surface area contributed by atoms with E-state index in [1.807, 2.05) is 6.92 Å². The van der Waals surface area contributed by atoms with E-state index >= 15 is 0 Å². The Kier molecular flexibility index (Phi) is 4.17. The Bertz CT molecular complexity index is 321. The van der Waals surface area contributed by atoms with Crippen LogP contribution in [0.2, 0.25) is 10.3 Å². The zero-order valence-corrected chi connectivity index (χ0v) is 9.19. The van der Waals surface area contributed by atoms with Crippen molar-refractivity contribution in [2.45, 2.75) is 13.3 Å². The van der Waals surface area contributed by atoms with Gasteiger partial charge in [0, 0.05) is 12.1 Å². The Labute approximate surface area is 92.4 Å². The van der Waals surface area contributed by atoms with Crippen molar-refractivity contribution in [2.75, 3.05) is 6.54 Å². The summed E-state index contributed by atoms with van der Waals surface area (Å²) in [4.78, 5) is 15.2. The molecule has 1 aromatic rings. The van der Waals surface area contributed by atoms with Gasteiger partial charge in [-0.15, -0.1) is 0 Å². The predicted molar refractivity (Wildman–Crippen MR) is 56.9 cm³/mol. The van der Waals surface area contributed by atoms with E-state index in [2.05, 4.69) is 10.3 Å². The molecule has 1 amide bonds. The molecular weight excluding hydrogens is 223 g/mol. The molecule has 1 heterocycles. The molecule has 0 spiro atoms. The van der Waals surface area contributed by atoms with Crippen LogP contribution in [0, 0.1) is 0 Å². The second kappa shape index (κ2) is 5.17. The summed E-state index contributed by atoms with van der Waals surface area (Å²) in [6.45, 7) is 2.61. The molecule has 76 valence electrons. The summed E-state index contributed by atoms with van der Waals surface area (Å²) in [7, 11) is 0. The highest BCUT2D eigenvalue weighted by Gasteiger charge is 2.07. The zero-order valence-electron chi connectivity index (χ0n) is 7.68. The highest BCUT2D eigenvalue weighted by molar-refractivity contribution is 6.33. The van der Waals surface area contributed by atoms with E-state index in [4.69, 9.17) is 23.2 Å². The van der Waals surface area contributed by atoms with Gasteiger partial charge in [-0.2, -0.15) is 0 Å². The second-order valence-corrected chi connectivity index (χ2v) is 3.53. The molecule has 0 radical (unpaired) electrons. The standard InChI is InChI=1S/C9H10Cl2N2O/c1-2-3-12-9(14)6-4-7(10)13-8(11)5-6/h4-5H,2-3H2,1H3,(H,12,14). The van der Waals surface area contributed by atoms with Crippen molar-refractivity contribution in [3.63, 3.8) is 0 Å². The topological polar surface area (TPSA) is 42.0 Å². The fraction of sp³-hybridized carbons (Fsp3) is 0.333. The van der Waals surface area contributed by atoms with Gasteiger partial charge < -0.3 is 5.32 Å². The summed E-state index contributed by atoms with van der Waals surface area (Å²) in [5, 5.41) is 3.16. The maximum Gasteiger partial charge on any atom is 0.251 e. The van der Waals surface area contributed by atoms with Crippen LogP contribution < -0.4 is 5.32 Å². The van der Waals surface area contributed by atoms with Crippen LogP contribution in [0.4, 0.5) is 0 Å². The molecule has 1 aromatic heterocycles. The molecule has 0 bridgehead atoms. The SMILES string of the molecule is CCCNC(=O)c1cc(Cl)nc(Cl)c1. The summed E-state index contributed by atoms with van der Waals surface area (Å²) in [5.41, 5.74) is 0.434. The molecule has 1 rings (SSSR count). The maximum atomic E-state index is 11.5. The Morgan fingerprint density at radius 1 is 1.43 bits per heavy atom. The van der Waals surface area contributed by atoms with Crippen LogP contribution in [0.15, 0.2) is 12.1 Å². The number of aromatic nitrogens is 1. The molecule has 0 fully saturated rings. The number of hydrogen-bond acceptors (Lipinski definition) is 2. The quantitative estimate of drug-likeness (QED) is 0.815. The van der Waals surface area contributed by atoms with Crippen LogP contribution in [0.5, 0.6) is 0 Å². The fourth-order valence-corrected chi connectivity index (χ4v) is 1.40. The Morgan fingerprint density at radius 3 is 2.50 bits per heavy atom. The van der Waals surface area contributed by atoms with Crippen molar-refractivity contribution in [2.24, 2.45) is 0 Å². The monoisotopic (exact) mass is 232 g/mol. The highest BCUT2D eigenvalue weighted by Crippen LogP contribution is 2.14. The second-order valence-electron chi connectivity index (χ2n) is 2.76. The molecular formula is C9H10Cl2N2O. The van der Waals surface area contributed by atoms with E-state index in [0.29, 0.717) is 12.1 Å². The first-order valence-corrected chi connectivity index (χ1v) is 5.00. The van der Waals surface area contributed by atoms with E-state index < -0.39 is 0 Å². The van der Waals surface area contributed by atoms with Gasteiger partial charge in [-0.05, 0) is 18.6 Å². The van der Waals surface area contributed by atoms with Crippen molar-refractivity contribution in [1.29, 1.82) is 0 Å². The molecule has 0 unspecified atom stereocenters. The van der Waals surface area contributed by atoms with E-state index in [0.717, 1.165) is 6.42 Å². The lowest BCUT2D eigenvalue weighted by atomic mass is 10.2. The van der Waals surface area contributed by atoms with Crippen LogP contribution >= 0.6 is 23.2 Å². The Hall–Kier alpha value is -0.800. The molecule has 0 aromatic carbocycles. The van der Waals surface area contributed by atoms with E-state index in [9.17, 15) is 4.79 Å². The highest BCUT2D eigenvalue weighted by atomic mass is 35.5. The molecule has 0 aliphatic heterocycles. The molecule has 0 saturated heterocycles. The third kappa shape index (κ3) is 3.16. The molecule has 14 heavy (non-hydrogen) atoms. The first-order valence-electron chi connectivity index (χ1n) is 4.24. The van der Waals surface area contributed by atoms with Gasteiger partial charge in [0.1, 0.15) is 10.3 Å². The van der Waals surface area contributed by atoms with Crippen molar-refractivity contribution < 1.29 is 4.79 Å². The molecule has 0 aliphatic rings. The Morgan fingerprint density at radius 2 is 2.00 bits per heavy atom. The fourth-order valence-electron chi connectivity index (χ4n) is 0.937. The van der Waals surface area contributed by atoms with E-state index in [1.165, 1.54) is 12.1 Å². The normalized spacial score (nSPS) is 9.93. The van der Waals surface area contributed by atoms with Crippen molar-refractivity contribution in [1.82, 2.24) is 10.3 Å². The van der Waals surface area contributed by atoms with Gasteiger partial charge in [-0.1, -0.05) is 30.1 Å². The maximum absolute atomic E-state index is 11.5. The van der Waals surface area contributed by atoms with Gasteiger partial charge in [0.2, 0.25) is 0 Å². The Balaban J connectivity index is 2.79. The molecule has 0 atom stereocenters. The van der Waals surface area contributed by atoms with E-state index in [-0.39, 0.29) is 16.2 Å².